The van der Waals surface area contributed by atoms with E-state index in [1.165, 1.54) is 0 Å². The van der Waals surface area contributed by atoms with Crippen molar-refractivity contribution >= 4 is 27.9 Å². The highest BCUT2D eigenvalue weighted by molar-refractivity contribution is 7.90. The van der Waals surface area contributed by atoms with Crippen molar-refractivity contribution in [1.29, 1.82) is 0 Å². The van der Waals surface area contributed by atoms with Crippen molar-refractivity contribution in [2.75, 3.05) is 26.2 Å². The predicted octanol–water partition coefficient (Wildman–Crippen LogP) is 6.22. The Balaban J connectivity index is 2.51. The first-order valence-electron chi connectivity index (χ1n) is 14.8. The molecule has 280 valence electrons. The minimum absolute atomic E-state index is 0.00746. The van der Waals surface area contributed by atoms with Crippen molar-refractivity contribution < 1.29 is 79.2 Å². The van der Waals surface area contributed by atoms with Crippen molar-refractivity contribution in [3.63, 3.8) is 0 Å². The van der Waals surface area contributed by atoms with Crippen LogP contribution in [0.15, 0.2) is 0 Å². The molecular formula is C24H39F10N2O8PS2. The highest BCUT2D eigenvalue weighted by atomic mass is 32.2. The Labute approximate surface area is 266 Å². The molecule has 0 radical (unpaired) electrons. The third kappa shape index (κ3) is 10.2. The molecule has 1 N–H and O–H groups in total. The van der Waals surface area contributed by atoms with Gasteiger partial charge in [-0.25, -0.2) is 21.4 Å². The highest BCUT2D eigenvalue weighted by Gasteiger charge is 2.67. The van der Waals surface area contributed by atoms with Gasteiger partial charge in [0.2, 0.25) is 20.0 Å². The standard InChI is InChI=1S/C24H39F10N2O8PS2/c1-3-35(46(39,40)17-11-7-5-8-12-17)15-19(21(25,26)23(29,30)31)43-45(37,38)44-20(22(27,28)24(32,33)34)16-36(4-2)47(41,42)18-13-9-6-10-14-18/h17-20H,3-16H2,1-2H3,(H,37,38). The summed E-state index contributed by atoms with van der Waals surface area (Å²) in [4.78, 5) is 10.2. The number of halogens is 10. The van der Waals surface area contributed by atoms with Crippen molar-refractivity contribution in [3.8, 4) is 0 Å². The van der Waals surface area contributed by atoms with Gasteiger partial charge in [-0.3, -0.25) is 9.05 Å². The van der Waals surface area contributed by atoms with Gasteiger partial charge in [0.1, 0.15) is 0 Å². The van der Waals surface area contributed by atoms with Gasteiger partial charge in [0.05, 0.1) is 10.5 Å². The zero-order valence-electron chi connectivity index (χ0n) is 25.5. The number of rotatable bonds is 16. The van der Waals surface area contributed by atoms with Gasteiger partial charge in [-0.15, -0.1) is 0 Å². The monoisotopic (exact) mass is 768 g/mol. The summed E-state index contributed by atoms with van der Waals surface area (Å²) < 4.78 is 213. The smallest absolute Gasteiger partial charge is 0.302 e. The molecule has 0 aromatic carbocycles. The zero-order chi connectivity index (χ0) is 36.3. The number of phosphoric acid groups is 1. The van der Waals surface area contributed by atoms with Crippen LogP contribution in [-0.2, 0) is 33.7 Å². The Morgan fingerprint density at radius 2 is 0.915 bits per heavy atom. The lowest BCUT2D eigenvalue weighted by molar-refractivity contribution is -0.316. The number of phosphoric ester groups is 1. The molecule has 0 aliphatic heterocycles. The fraction of sp³-hybridized carbons (Fsp3) is 1.00. The second kappa shape index (κ2) is 15.6. The van der Waals surface area contributed by atoms with Crippen LogP contribution in [0.2, 0.25) is 0 Å². The molecule has 0 heterocycles. The second-order valence-electron chi connectivity index (χ2n) is 11.4. The maximum absolute atomic E-state index is 14.7. The molecule has 0 saturated heterocycles. The second-order valence-corrected chi connectivity index (χ2v) is 17.2. The molecule has 0 spiro atoms. The fourth-order valence-electron chi connectivity index (χ4n) is 5.48. The van der Waals surface area contributed by atoms with Crippen LogP contribution in [0.3, 0.4) is 0 Å². The number of alkyl halides is 10. The molecule has 2 aliphatic rings. The number of hydrogen-bond donors (Lipinski definition) is 1. The van der Waals surface area contributed by atoms with Crippen molar-refractivity contribution in [2.45, 2.75) is 125 Å². The van der Waals surface area contributed by atoms with E-state index in [0.717, 1.165) is 13.8 Å². The van der Waals surface area contributed by atoms with Crippen LogP contribution in [0.25, 0.3) is 0 Å². The van der Waals surface area contributed by atoms with Crippen molar-refractivity contribution in [1.82, 2.24) is 8.61 Å². The molecule has 10 nitrogen and oxygen atoms in total. The summed E-state index contributed by atoms with van der Waals surface area (Å²) in [5.41, 5.74) is 0. The molecular weight excluding hydrogens is 729 g/mol. The van der Waals surface area contributed by atoms with E-state index in [0.29, 0.717) is 38.5 Å². The van der Waals surface area contributed by atoms with Gasteiger partial charge in [0.25, 0.3) is 0 Å². The van der Waals surface area contributed by atoms with Crippen molar-refractivity contribution in [2.24, 2.45) is 0 Å². The van der Waals surface area contributed by atoms with Gasteiger partial charge >= 0.3 is 32.0 Å². The van der Waals surface area contributed by atoms with Crippen molar-refractivity contribution in [3.05, 3.63) is 0 Å². The van der Waals surface area contributed by atoms with E-state index in [1.807, 2.05) is 0 Å². The Hall–Kier alpha value is -0.770. The van der Waals surface area contributed by atoms with Gasteiger partial charge in [-0.1, -0.05) is 52.4 Å². The molecule has 2 fully saturated rings. The first-order valence-corrected chi connectivity index (χ1v) is 19.3. The maximum atomic E-state index is 14.7. The molecule has 0 aromatic heterocycles. The molecule has 23 heteroatoms. The molecule has 0 bridgehead atoms. The van der Waals surface area contributed by atoms with Crippen LogP contribution in [0, 0.1) is 0 Å². The minimum Gasteiger partial charge on any atom is -0.302 e. The number of sulfonamides is 2. The zero-order valence-corrected chi connectivity index (χ0v) is 28.0. The van der Waals surface area contributed by atoms with Crippen LogP contribution < -0.4 is 0 Å². The summed E-state index contributed by atoms with van der Waals surface area (Å²) >= 11 is 0. The Bertz CT molecular complexity index is 1200. The molecule has 2 aliphatic carbocycles. The van der Waals surface area contributed by atoms with Crippen LogP contribution in [-0.4, -0.2) is 103 Å². The van der Waals surface area contributed by atoms with Crippen LogP contribution in [0.1, 0.15) is 78.1 Å². The Morgan fingerprint density at radius 3 is 1.15 bits per heavy atom. The number of hydrogen-bond acceptors (Lipinski definition) is 7. The molecule has 47 heavy (non-hydrogen) atoms. The summed E-state index contributed by atoms with van der Waals surface area (Å²) in [7, 11) is -16.1. The van der Waals surface area contributed by atoms with Crippen LogP contribution in [0.4, 0.5) is 43.9 Å². The molecule has 2 unspecified atom stereocenters. The summed E-state index contributed by atoms with van der Waals surface area (Å²) in [5.74, 6) is -12.3. The van der Waals surface area contributed by atoms with Crippen LogP contribution in [0.5, 0.6) is 0 Å². The lowest BCUT2D eigenvalue weighted by atomic mass is 10.0. The topological polar surface area (TPSA) is 131 Å². The van der Waals surface area contributed by atoms with Gasteiger partial charge in [-0.05, 0) is 25.7 Å². The number of likely N-dealkylation sites (N-methyl/N-ethyl adjacent to an activating group) is 2. The maximum Gasteiger partial charge on any atom is 0.473 e. The average molecular weight is 769 g/mol. The largest absolute Gasteiger partial charge is 0.473 e. The highest BCUT2D eigenvalue weighted by Crippen LogP contribution is 2.54. The summed E-state index contributed by atoms with van der Waals surface area (Å²) in [6.07, 6.45) is -18.4. The fourth-order valence-corrected chi connectivity index (χ4v) is 10.7. The molecule has 0 aromatic rings. The molecule has 2 saturated carbocycles. The average Bonchev–Trinajstić information content (AvgIpc) is 2.96. The summed E-state index contributed by atoms with van der Waals surface area (Å²) in [6.45, 7) is -3.42. The van der Waals surface area contributed by atoms with Crippen LogP contribution >= 0.6 is 7.82 Å². The molecule has 2 atom stereocenters. The lowest BCUT2D eigenvalue weighted by Gasteiger charge is -2.37. The van der Waals surface area contributed by atoms with Gasteiger partial charge in [0, 0.05) is 26.2 Å². The lowest BCUT2D eigenvalue weighted by Crippen LogP contribution is -2.56. The minimum atomic E-state index is -6.84. The Kier molecular flexibility index (Phi) is 14.1. The first-order chi connectivity index (χ1) is 21.3. The van der Waals surface area contributed by atoms with E-state index in [9.17, 15) is 70.2 Å². The first kappa shape index (κ1) is 42.4. The summed E-state index contributed by atoms with van der Waals surface area (Å²) in [5, 5.41) is -2.45. The normalized spacial score (nSPS) is 21.6. The third-order valence-electron chi connectivity index (χ3n) is 8.20. The van der Waals surface area contributed by atoms with E-state index in [-0.39, 0.29) is 34.3 Å². The summed E-state index contributed by atoms with van der Waals surface area (Å²) in [6, 6.07) is 0. The molecule has 2 rings (SSSR count). The quantitative estimate of drug-likeness (QED) is 0.145. The number of nitrogens with zero attached hydrogens (tertiary/aromatic N) is 2. The van der Waals surface area contributed by atoms with Gasteiger partial charge in [-0.2, -0.15) is 52.5 Å². The van der Waals surface area contributed by atoms with Gasteiger partial charge in [0.15, 0.2) is 12.2 Å². The van der Waals surface area contributed by atoms with E-state index >= 15 is 0 Å². The third-order valence-corrected chi connectivity index (χ3v) is 14.1. The molecule has 0 amide bonds. The van der Waals surface area contributed by atoms with Gasteiger partial charge < -0.3 is 4.89 Å². The van der Waals surface area contributed by atoms with E-state index in [4.69, 9.17) is 0 Å². The predicted molar refractivity (Wildman–Crippen MR) is 148 cm³/mol. The van der Waals surface area contributed by atoms with E-state index < -0.39 is 101 Å². The Morgan fingerprint density at radius 1 is 0.638 bits per heavy atom. The van der Waals surface area contributed by atoms with E-state index in [2.05, 4.69) is 9.05 Å². The SMILES string of the molecule is CCN(CC(OP(=O)(O)OC(CN(CC)S(=O)(=O)C1CCCCC1)C(F)(F)C(F)(F)F)C(F)(F)C(F)(F)F)S(=O)(=O)C1CCCCC1. The van der Waals surface area contributed by atoms with E-state index in [1.54, 1.807) is 0 Å².